The maximum absolute atomic E-state index is 12.7. The molecule has 0 spiro atoms. The summed E-state index contributed by atoms with van der Waals surface area (Å²) in [5.41, 5.74) is 5.09. The Morgan fingerprint density at radius 1 is 1.23 bits per heavy atom. The molecule has 1 aliphatic heterocycles. The number of rotatable bonds is 4. The molecule has 2 heterocycles. The van der Waals surface area contributed by atoms with Crippen molar-refractivity contribution in [3.63, 3.8) is 0 Å². The number of tetrazole rings is 1. The summed E-state index contributed by atoms with van der Waals surface area (Å²) in [4.78, 5) is 12.7. The summed E-state index contributed by atoms with van der Waals surface area (Å²) in [6.45, 7) is 4.47. The number of benzene rings is 2. The standard InChI is InChI=1S/C19H19N5O2/c1-11-7-15-16(10-26-17(15)8-12(11)2)19(25)20-14-5-3-13(4-6-14)9-18-21-23-24-22-18/h3-8,16H,9-10H2,1-2H3,(H,20,25)(H,21,22,23,24)/t16-/m0/s1. The molecule has 7 nitrogen and oxygen atoms in total. The Bertz CT molecular complexity index is 935. The highest BCUT2D eigenvalue weighted by atomic mass is 16.5. The van der Waals surface area contributed by atoms with E-state index in [1.54, 1.807) is 0 Å². The molecule has 0 saturated carbocycles. The molecule has 0 fully saturated rings. The van der Waals surface area contributed by atoms with E-state index in [9.17, 15) is 4.79 Å². The van der Waals surface area contributed by atoms with E-state index in [0.29, 0.717) is 18.9 Å². The Morgan fingerprint density at radius 2 is 2.00 bits per heavy atom. The fourth-order valence-electron chi connectivity index (χ4n) is 3.06. The second kappa shape index (κ2) is 6.59. The number of hydrogen-bond donors (Lipinski definition) is 2. The number of nitrogens with zero attached hydrogens (tertiary/aromatic N) is 3. The van der Waals surface area contributed by atoms with Gasteiger partial charge in [-0.3, -0.25) is 4.79 Å². The average molecular weight is 349 g/mol. The number of H-pyrrole nitrogens is 1. The summed E-state index contributed by atoms with van der Waals surface area (Å²) < 4.78 is 5.70. The van der Waals surface area contributed by atoms with Gasteiger partial charge in [0.2, 0.25) is 5.91 Å². The van der Waals surface area contributed by atoms with Crippen molar-refractivity contribution in [3.8, 4) is 5.75 Å². The van der Waals surface area contributed by atoms with E-state index in [4.69, 9.17) is 4.74 Å². The second-order valence-electron chi connectivity index (χ2n) is 6.53. The highest BCUT2D eigenvalue weighted by Crippen LogP contribution is 2.36. The zero-order chi connectivity index (χ0) is 18.1. The lowest BCUT2D eigenvalue weighted by molar-refractivity contribution is -0.117. The Balaban J connectivity index is 1.45. The molecular formula is C19H19N5O2. The van der Waals surface area contributed by atoms with Crippen LogP contribution in [0.25, 0.3) is 0 Å². The summed E-state index contributed by atoms with van der Waals surface area (Å²) >= 11 is 0. The smallest absolute Gasteiger partial charge is 0.235 e. The van der Waals surface area contributed by atoms with Crippen molar-refractivity contribution < 1.29 is 9.53 Å². The minimum atomic E-state index is -0.289. The molecular weight excluding hydrogens is 330 g/mol. The molecule has 1 atom stereocenters. The topological polar surface area (TPSA) is 92.8 Å². The van der Waals surface area contributed by atoms with Gasteiger partial charge in [0.05, 0.1) is 0 Å². The highest BCUT2D eigenvalue weighted by molar-refractivity contribution is 5.97. The zero-order valence-electron chi connectivity index (χ0n) is 14.6. The molecule has 0 bridgehead atoms. The van der Waals surface area contributed by atoms with E-state index in [2.05, 4.69) is 32.0 Å². The predicted octanol–water partition coefficient (Wildman–Crippen LogP) is 2.52. The van der Waals surface area contributed by atoms with Crippen LogP contribution in [-0.4, -0.2) is 33.1 Å². The molecule has 26 heavy (non-hydrogen) atoms. The van der Waals surface area contributed by atoms with Crippen LogP contribution in [0.5, 0.6) is 5.75 Å². The zero-order valence-corrected chi connectivity index (χ0v) is 14.6. The van der Waals surface area contributed by atoms with E-state index >= 15 is 0 Å². The summed E-state index contributed by atoms with van der Waals surface area (Å²) in [7, 11) is 0. The average Bonchev–Trinajstić information content (AvgIpc) is 3.27. The first-order valence-electron chi connectivity index (χ1n) is 8.46. The van der Waals surface area contributed by atoms with Gasteiger partial charge in [-0.05, 0) is 48.7 Å². The monoisotopic (exact) mass is 349 g/mol. The Labute approximate surface area is 150 Å². The molecule has 1 aromatic heterocycles. The van der Waals surface area contributed by atoms with Crippen LogP contribution in [0.3, 0.4) is 0 Å². The second-order valence-corrected chi connectivity index (χ2v) is 6.53. The quantitative estimate of drug-likeness (QED) is 0.755. The van der Waals surface area contributed by atoms with Crippen molar-refractivity contribution in [1.29, 1.82) is 0 Å². The molecule has 3 aromatic rings. The van der Waals surface area contributed by atoms with Crippen molar-refractivity contribution in [2.75, 3.05) is 11.9 Å². The van der Waals surface area contributed by atoms with Gasteiger partial charge in [0.1, 0.15) is 18.3 Å². The van der Waals surface area contributed by atoms with Crippen LogP contribution in [0, 0.1) is 13.8 Å². The van der Waals surface area contributed by atoms with Crippen LogP contribution in [0.15, 0.2) is 36.4 Å². The lowest BCUT2D eigenvalue weighted by Crippen LogP contribution is -2.22. The lowest BCUT2D eigenvalue weighted by atomic mass is 9.96. The van der Waals surface area contributed by atoms with E-state index in [1.165, 1.54) is 5.56 Å². The van der Waals surface area contributed by atoms with Gasteiger partial charge in [0.15, 0.2) is 5.82 Å². The fraction of sp³-hybridized carbons (Fsp3) is 0.263. The molecule has 1 amide bonds. The number of aryl methyl sites for hydroxylation is 2. The number of aromatic nitrogens is 4. The Kier molecular flexibility index (Phi) is 4.12. The van der Waals surface area contributed by atoms with Crippen LogP contribution >= 0.6 is 0 Å². The van der Waals surface area contributed by atoms with Crippen molar-refractivity contribution in [2.45, 2.75) is 26.2 Å². The maximum Gasteiger partial charge on any atom is 0.235 e. The van der Waals surface area contributed by atoms with Gasteiger partial charge in [0.25, 0.3) is 0 Å². The summed E-state index contributed by atoms with van der Waals surface area (Å²) in [6, 6.07) is 11.7. The molecule has 2 aromatic carbocycles. The van der Waals surface area contributed by atoms with Crippen molar-refractivity contribution >= 4 is 11.6 Å². The summed E-state index contributed by atoms with van der Waals surface area (Å²) in [5.74, 6) is 1.09. The number of anilines is 1. The number of fused-ring (bicyclic) bond motifs is 1. The number of hydrogen-bond acceptors (Lipinski definition) is 5. The molecule has 4 rings (SSSR count). The third-order valence-electron chi connectivity index (χ3n) is 4.70. The lowest BCUT2D eigenvalue weighted by Gasteiger charge is -2.11. The fourth-order valence-corrected chi connectivity index (χ4v) is 3.06. The minimum Gasteiger partial charge on any atom is -0.492 e. The SMILES string of the molecule is Cc1cc2c(cc1C)[C@@H](C(=O)Nc1ccc(Cc3nn[nH]n3)cc1)CO2. The predicted molar refractivity (Wildman–Crippen MR) is 96.2 cm³/mol. The number of amides is 1. The normalized spacial score (nSPS) is 15.4. The number of carbonyl (C=O) groups excluding carboxylic acids is 1. The van der Waals surface area contributed by atoms with Crippen LogP contribution in [0.4, 0.5) is 5.69 Å². The van der Waals surface area contributed by atoms with E-state index in [0.717, 1.165) is 28.1 Å². The first kappa shape index (κ1) is 16.3. The van der Waals surface area contributed by atoms with Gasteiger partial charge in [-0.1, -0.05) is 23.4 Å². The largest absolute Gasteiger partial charge is 0.492 e. The number of carbonyl (C=O) groups is 1. The van der Waals surface area contributed by atoms with Crippen LogP contribution in [0.2, 0.25) is 0 Å². The van der Waals surface area contributed by atoms with Crippen molar-refractivity contribution in [3.05, 3.63) is 64.5 Å². The molecule has 7 heteroatoms. The van der Waals surface area contributed by atoms with E-state index in [1.807, 2.05) is 44.2 Å². The van der Waals surface area contributed by atoms with Crippen molar-refractivity contribution in [1.82, 2.24) is 20.6 Å². The minimum absolute atomic E-state index is 0.0575. The van der Waals surface area contributed by atoms with Crippen LogP contribution < -0.4 is 10.1 Å². The van der Waals surface area contributed by atoms with Crippen molar-refractivity contribution in [2.24, 2.45) is 0 Å². The van der Waals surface area contributed by atoms with Gasteiger partial charge < -0.3 is 10.1 Å². The number of nitrogens with one attached hydrogen (secondary N) is 2. The van der Waals surface area contributed by atoms with Gasteiger partial charge in [-0.15, -0.1) is 10.2 Å². The third-order valence-corrected chi connectivity index (χ3v) is 4.70. The van der Waals surface area contributed by atoms with Gasteiger partial charge >= 0.3 is 0 Å². The molecule has 0 radical (unpaired) electrons. The van der Waals surface area contributed by atoms with E-state index in [-0.39, 0.29) is 11.8 Å². The first-order chi connectivity index (χ1) is 12.6. The molecule has 1 aliphatic rings. The Morgan fingerprint density at radius 3 is 2.73 bits per heavy atom. The third kappa shape index (κ3) is 3.15. The van der Waals surface area contributed by atoms with Gasteiger partial charge in [0, 0.05) is 17.7 Å². The molecule has 0 unspecified atom stereocenters. The number of aromatic amines is 1. The van der Waals surface area contributed by atoms with Crippen LogP contribution in [-0.2, 0) is 11.2 Å². The molecule has 2 N–H and O–H groups in total. The maximum atomic E-state index is 12.7. The first-order valence-corrected chi connectivity index (χ1v) is 8.46. The highest BCUT2D eigenvalue weighted by Gasteiger charge is 2.31. The number of ether oxygens (including phenoxy) is 1. The van der Waals surface area contributed by atoms with Gasteiger partial charge in [-0.25, -0.2) is 0 Å². The van der Waals surface area contributed by atoms with E-state index < -0.39 is 0 Å². The molecule has 0 aliphatic carbocycles. The van der Waals surface area contributed by atoms with Gasteiger partial charge in [-0.2, -0.15) is 5.21 Å². The van der Waals surface area contributed by atoms with Crippen LogP contribution in [0.1, 0.15) is 34.0 Å². The summed E-state index contributed by atoms with van der Waals surface area (Å²) in [6.07, 6.45) is 0.590. The molecule has 0 saturated heterocycles. The summed E-state index contributed by atoms with van der Waals surface area (Å²) in [5, 5.41) is 16.8. The Hall–Kier alpha value is -3.22. The molecule has 132 valence electrons.